The molecular formula is C18H14N4O2S2. The molecule has 26 heavy (non-hydrogen) atoms. The van der Waals surface area contributed by atoms with Gasteiger partial charge in [0.05, 0.1) is 4.88 Å². The number of hydrogen-bond donors (Lipinski definition) is 1. The Morgan fingerprint density at radius 1 is 1.12 bits per heavy atom. The minimum Gasteiger partial charge on any atom is -0.339 e. The van der Waals surface area contributed by atoms with E-state index >= 15 is 0 Å². The fourth-order valence-electron chi connectivity index (χ4n) is 2.37. The molecule has 0 aliphatic rings. The van der Waals surface area contributed by atoms with Gasteiger partial charge >= 0.3 is 0 Å². The van der Waals surface area contributed by atoms with Crippen molar-refractivity contribution >= 4 is 34.3 Å². The van der Waals surface area contributed by atoms with Gasteiger partial charge in [0.2, 0.25) is 17.6 Å². The average Bonchev–Trinajstić information content (AvgIpc) is 3.42. The number of nitrogens with one attached hydrogen (secondary N) is 1. The van der Waals surface area contributed by atoms with Crippen molar-refractivity contribution in [1.82, 2.24) is 15.1 Å². The molecule has 0 saturated carbocycles. The molecule has 0 spiro atoms. The van der Waals surface area contributed by atoms with E-state index in [4.69, 9.17) is 4.52 Å². The summed E-state index contributed by atoms with van der Waals surface area (Å²) in [6.45, 7) is 0. The van der Waals surface area contributed by atoms with Gasteiger partial charge in [-0.15, -0.1) is 22.7 Å². The van der Waals surface area contributed by atoms with Crippen LogP contribution in [0.4, 0.5) is 5.69 Å². The third-order valence-corrected chi connectivity index (χ3v) is 5.31. The zero-order chi connectivity index (χ0) is 17.8. The van der Waals surface area contributed by atoms with Crippen LogP contribution in [0.5, 0.6) is 0 Å². The van der Waals surface area contributed by atoms with Crippen LogP contribution in [0, 0.1) is 0 Å². The normalized spacial score (nSPS) is 10.8. The fourth-order valence-corrected chi connectivity index (χ4v) is 3.66. The van der Waals surface area contributed by atoms with Gasteiger partial charge in [-0.05, 0) is 35.7 Å². The molecule has 0 radical (unpaired) electrons. The van der Waals surface area contributed by atoms with E-state index in [-0.39, 0.29) is 12.3 Å². The number of carbonyl (C=O) groups excluding carboxylic acids is 1. The number of aromatic nitrogens is 3. The lowest BCUT2D eigenvalue weighted by atomic mass is 10.2. The van der Waals surface area contributed by atoms with Crippen LogP contribution in [0.15, 0.2) is 57.9 Å². The number of nitrogens with zero attached hydrogens (tertiary/aromatic N) is 3. The van der Waals surface area contributed by atoms with E-state index in [0.29, 0.717) is 18.1 Å². The zero-order valence-corrected chi connectivity index (χ0v) is 15.2. The maximum absolute atomic E-state index is 12.1. The van der Waals surface area contributed by atoms with E-state index in [1.54, 1.807) is 28.9 Å². The second kappa shape index (κ2) is 7.59. The van der Waals surface area contributed by atoms with Crippen LogP contribution in [0.2, 0.25) is 0 Å². The Hall–Kier alpha value is -2.84. The first-order chi connectivity index (χ1) is 12.8. The molecule has 0 fully saturated rings. The summed E-state index contributed by atoms with van der Waals surface area (Å²) in [6.07, 6.45) is 2.46. The van der Waals surface area contributed by atoms with Crippen molar-refractivity contribution in [2.75, 3.05) is 5.32 Å². The predicted octanol–water partition coefficient (Wildman–Crippen LogP) is 4.49. The molecule has 130 valence electrons. The van der Waals surface area contributed by atoms with E-state index in [1.165, 1.54) is 0 Å². The van der Waals surface area contributed by atoms with Gasteiger partial charge in [0.25, 0.3) is 0 Å². The highest BCUT2D eigenvalue weighted by molar-refractivity contribution is 7.13. The van der Waals surface area contributed by atoms with Gasteiger partial charge in [0.15, 0.2) is 0 Å². The van der Waals surface area contributed by atoms with Gasteiger partial charge in [-0.2, -0.15) is 4.98 Å². The highest BCUT2D eigenvalue weighted by atomic mass is 32.1. The molecule has 1 N–H and O–H groups in total. The van der Waals surface area contributed by atoms with Crippen molar-refractivity contribution < 1.29 is 9.32 Å². The van der Waals surface area contributed by atoms with Gasteiger partial charge in [-0.3, -0.25) is 4.79 Å². The molecule has 3 aromatic heterocycles. The van der Waals surface area contributed by atoms with E-state index in [9.17, 15) is 4.79 Å². The van der Waals surface area contributed by atoms with E-state index in [0.717, 1.165) is 21.1 Å². The van der Waals surface area contributed by atoms with Crippen LogP contribution in [0.25, 0.3) is 21.3 Å². The predicted molar refractivity (Wildman–Crippen MR) is 102 cm³/mol. The summed E-state index contributed by atoms with van der Waals surface area (Å²) in [5.74, 6) is 0.929. The number of aryl methyl sites for hydroxylation is 1. The third kappa shape index (κ3) is 3.87. The van der Waals surface area contributed by atoms with Crippen molar-refractivity contribution in [3.8, 4) is 21.3 Å². The molecular weight excluding hydrogens is 368 g/mol. The second-order valence-electron chi connectivity index (χ2n) is 5.45. The quantitative estimate of drug-likeness (QED) is 0.531. The lowest BCUT2D eigenvalue weighted by molar-refractivity contribution is -0.116. The first-order valence-electron chi connectivity index (χ1n) is 7.94. The molecule has 0 aliphatic heterocycles. The molecule has 6 nitrogen and oxygen atoms in total. The molecule has 0 bridgehead atoms. The van der Waals surface area contributed by atoms with Gasteiger partial charge in [0.1, 0.15) is 5.01 Å². The third-order valence-electron chi connectivity index (χ3n) is 3.62. The number of thiophene rings is 1. The van der Waals surface area contributed by atoms with Crippen molar-refractivity contribution in [3.05, 3.63) is 59.2 Å². The van der Waals surface area contributed by atoms with Crippen LogP contribution in [-0.2, 0) is 11.2 Å². The van der Waals surface area contributed by atoms with Crippen molar-refractivity contribution in [2.45, 2.75) is 12.8 Å². The molecule has 1 aromatic carbocycles. The highest BCUT2D eigenvalue weighted by Gasteiger charge is 2.11. The molecule has 0 saturated heterocycles. The summed E-state index contributed by atoms with van der Waals surface area (Å²) in [7, 11) is 0. The van der Waals surface area contributed by atoms with Crippen molar-refractivity contribution in [3.63, 3.8) is 0 Å². The Bertz CT molecular complexity index is 977. The number of thiazole rings is 1. The summed E-state index contributed by atoms with van der Waals surface area (Å²) in [5.41, 5.74) is 1.78. The van der Waals surface area contributed by atoms with Crippen LogP contribution in [0.3, 0.4) is 0 Å². The topological polar surface area (TPSA) is 80.9 Å². The summed E-state index contributed by atoms with van der Waals surface area (Å²) in [5, 5.41) is 11.7. The average molecular weight is 382 g/mol. The van der Waals surface area contributed by atoms with E-state index < -0.39 is 0 Å². The minimum atomic E-state index is -0.0946. The first-order valence-corrected chi connectivity index (χ1v) is 9.70. The first kappa shape index (κ1) is 16.6. The van der Waals surface area contributed by atoms with Crippen LogP contribution in [-0.4, -0.2) is 21.0 Å². The molecule has 4 rings (SSSR count). The number of hydrogen-bond acceptors (Lipinski definition) is 7. The smallest absolute Gasteiger partial charge is 0.227 e. The largest absolute Gasteiger partial charge is 0.339 e. The molecule has 0 unspecified atom stereocenters. The zero-order valence-electron chi connectivity index (χ0n) is 13.6. The maximum Gasteiger partial charge on any atom is 0.227 e. The Balaban J connectivity index is 1.31. The summed E-state index contributed by atoms with van der Waals surface area (Å²) in [4.78, 5) is 21.7. The van der Waals surface area contributed by atoms with E-state index in [2.05, 4.69) is 20.4 Å². The number of benzene rings is 1. The molecule has 3 heterocycles. The van der Waals surface area contributed by atoms with Crippen molar-refractivity contribution in [1.29, 1.82) is 0 Å². The molecule has 8 heteroatoms. The summed E-state index contributed by atoms with van der Waals surface area (Å²) in [6, 6.07) is 11.5. The Labute approximate surface area is 157 Å². The van der Waals surface area contributed by atoms with Gasteiger partial charge < -0.3 is 9.84 Å². The fraction of sp³-hybridized carbons (Fsp3) is 0.111. The van der Waals surface area contributed by atoms with Gasteiger partial charge in [-0.25, -0.2) is 4.98 Å². The lowest BCUT2D eigenvalue weighted by Gasteiger charge is -2.05. The summed E-state index contributed by atoms with van der Waals surface area (Å²) < 4.78 is 5.21. The molecule has 0 atom stereocenters. The van der Waals surface area contributed by atoms with Crippen molar-refractivity contribution in [2.24, 2.45) is 0 Å². The summed E-state index contributed by atoms with van der Waals surface area (Å²) >= 11 is 3.13. The van der Waals surface area contributed by atoms with E-state index in [1.807, 2.05) is 47.2 Å². The SMILES string of the molecule is O=C(CCc1nc(-c2cccs2)no1)Nc1ccc(-c2nccs2)cc1. The number of carbonyl (C=O) groups is 1. The van der Waals surface area contributed by atoms with Gasteiger partial charge in [0, 0.05) is 35.7 Å². The van der Waals surface area contributed by atoms with Crippen LogP contribution in [0.1, 0.15) is 12.3 Å². The minimum absolute atomic E-state index is 0.0946. The monoisotopic (exact) mass is 382 g/mol. The standard InChI is InChI=1S/C18H14N4O2S2/c23-15(7-8-16-21-17(22-24-16)14-2-1-10-25-14)20-13-5-3-12(4-6-13)18-19-9-11-26-18/h1-6,9-11H,7-8H2,(H,20,23). The molecule has 1 amide bonds. The number of anilines is 1. The van der Waals surface area contributed by atoms with Crippen LogP contribution >= 0.6 is 22.7 Å². The van der Waals surface area contributed by atoms with Gasteiger partial charge in [-0.1, -0.05) is 11.2 Å². The highest BCUT2D eigenvalue weighted by Crippen LogP contribution is 2.24. The Morgan fingerprint density at radius 2 is 2.00 bits per heavy atom. The molecule has 0 aliphatic carbocycles. The van der Waals surface area contributed by atoms with Crippen LogP contribution < -0.4 is 5.32 Å². The maximum atomic E-state index is 12.1. The second-order valence-corrected chi connectivity index (χ2v) is 7.29. The number of rotatable bonds is 6. The molecule has 4 aromatic rings. The lowest BCUT2D eigenvalue weighted by Crippen LogP contribution is -2.12. The number of amides is 1. The Kier molecular flexibility index (Phi) is 4.85. The Morgan fingerprint density at radius 3 is 2.73 bits per heavy atom.